The SMILES string of the molecule is C[n+]1cn(-c2ccc(-n3c[n+](C)c4ccccc43)nn2)c2ccccc21. The fourth-order valence-corrected chi connectivity index (χ4v) is 3.47. The quantitative estimate of drug-likeness (QED) is 0.461. The highest BCUT2D eigenvalue weighted by Gasteiger charge is 2.19. The monoisotopic (exact) mass is 342 g/mol. The third-order valence-corrected chi connectivity index (χ3v) is 4.75. The summed E-state index contributed by atoms with van der Waals surface area (Å²) in [5.41, 5.74) is 4.52. The number of benzene rings is 2. The summed E-state index contributed by atoms with van der Waals surface area (Å²) in [6.45, 7) is 0. The van der Waals surface area contributed by atoms with Gasteiger partial charge in [0.15, 0.2) is 22.1 Å². The van der Waals surface area contributed by atoms with Gasteiger partial charge in [-0.2, -0.15) is 9.13 Å². The molecule has 6 nitrogen and oxygen atoms in total. The summed E-state index contributed by atoms with van der Waals surface area (Å²) in [4.78, 5) is 0. The third kappa shape index (κ3) is 2.12. The predicted molar refractivity (Wildman–Crippen MR) is 98.1 cm³/mol. The van der Waals surface area contributed by atoms with Crippen LogP contribution in [0.3, 0.4) is 0 Å². The van der Waals surface area contributed by atoms with Crippen molar-refractivity contribution < 1.29 is 9.13 Å². The second-order valence-corrected chi connectivity index (χ2v) is 6.42. The maximum absolute atomic E-state index is 4.47. The maximum atomic E-state index is 4.47. The average Bonchev–Trinajstić information content (AvgIpc) is 3.20. The molecule has 5 aromatic rings. The molecule has 0 aliphatic heterocycles. The van der Waals surface area contributed by atoms with Gasteiger partial charge >= 0.3 is 0 Å². The van der Waals surface area contributed by atoms with E-state index in [9.17, 15) is 0 Å². The van der Waals surface area contributed by atoms with Crippen LogP contribution in [0.2, 0.25) is 0 Å². The Labute approximate surface area is 150 Å². The summed E-state index contributed by atoms with van der Waals surface area (Å²) >= 11 is 0. The van der Waals surface area contributed by atoms with Crippen molar-refractivity contribution in [2.75, 3.05) is 0 Å². The zero-order chi connectivity index (χ0) is 17.7. The fourth-order valence-electron chi connectivity index (χ4n) is 3.47. The summed E-state index contributed by atoms with van der Waals surface area (Å²) < 4.78 is 8.29. The van der Waals surface area contributed by atoms with Crippen molar-refractivity contribution in [2.45, 2.75) is 0 Å². The molecule has 6 heteroatoms. The standard InChI is InChI=1S/C20H18N6/c1-23-13-25(17-9-5-3-7-15(17)23)19-11-12-20(22-21-19)26-14-24(2)16-8-4-6-10-18(16)26/h3-14H,1-2H3/q+2. The van der Waals surface area contributed by atoms with Gasteiger partial charge in [0.2, 0.25) is 11.6 Å². The number of fused-ring (bicyclic) bond motifs is 2. The van der Waals surface area contributed by atoms with E-state index in [2.05, 4.69) is 52.7 Å². The molecule has 2 aromatic carbocycles. The molecule has 0 fully saturated rings. The largest absolute Gasteiger partial charge is 0.251 e. The molecule has 0 saturated heterocycles. The molecule has 0 amide bonds. The minimum atomic E-state index is 0.798. The van der Waals surface area contributed by atoms with Crippen LogP contribution in [0.15, 0.2) is 73.3 Å². The van der Waals surface area contributed by atoms with Crippen LogP contribution < -0.4 is 9.13 Å². The fraction of sp³-hybridized carbons (Fsp3) is 0.100. The molecule has 0 aliphatic rings. The molecule has 5 rings (SSSR count). The number of aryl methyl sites for hydroxylation is 2. The van der Waals surface area contributed by atoms with Crippen LogP contribution in [0.4, 0.5) is 0 Å². The van der Waals surface area contributed by atoms with E-state index in [1.54, 1.807) is 0 Å². The molecule has 0 saturated carbocycles. The lowest BCUT2D eigenvalue weighted by molar-refractivity contribution is -0.645. The van der Waals surface area contributed by atoms with Crippen molar-refractivity contribution in [1.82, 2.24) is 19.3 Å². The molecule has 0 N–H and O–H groups in total. The highest BCUT2D eigenvalue weighted by molar-refractivity contribution is 5.74. The van der Waals surface area contributed by atoms with Crippen LogP contribution in [-0.2, 0) is 14.1 Å². The Hall–Kier alpha value is -3.54. The van der Waals surface area contributed by atoms with Crippen LogP contribution in [0.5, 0.6) is 0 Å². The van der Waals surface area contributed by atoms with Gasteiger partial charge < -0.3 is 0 Å². The first-order chi connectivity index (χ1) is 12.7. The lowest BCUT2D eigenvalue weighted by atomic mass is 10.3. The second-order valence-electron chi connectivity index (χ2n) is 6.42. The summed E-state index contributed by atoms with van der Waals surface area (Å²) in [5.74, 6) is 1.60. The Kier molecular flexibility index (Phi) is 3.12. The molecule has 0 atom stereocenters. The van der Waals surface area contributed by atoms with E-state index < -0.39 is 0 Å². The van der Waals surface area contributed by atoms with E-state index in [4.69, 9.17) is 0 Å². The normalized spacial score (nSPS) is 11.5. The summed E-state index contributed by atoms with van der Waals surface area (Å²) in [7, 11) is 4.07. The van der Waals surface area contributed by atoms with Crippen LogP contribution in [0, 0.1) is 0 Å². The third-order valence-electron chi connectivity index (χ3n) is 4.75. The van der Waals surface area contributed by atoms with Gasteiger partial charge in [0.25, 0.3) is 12.7 Å². The van der Waals surface area contributed by atoms with Crippen LogP contribution in [0.25, 0.3) is 33.7 Å². The molecule has 3 aromatic heterocycles. The second kappa shape index (κ2) is 5.49. The molecule has 0 spiro atoms. The van der Waals surface area contributed by atoms with Gasteiger partial charge in [0.05, 0.1) is 14.1 Å². The van der Waals surface area contributed by atoms with E-state index in [0.29, 0.717) is 0 Å². The van der Waals surface area contributed by atoms with Crippen molar-refractivity contribution in [3.8, 4) is 11.6 Å². The van der Waals surface area contributed by atoms with Crippen molar-refractivity contribution in [3.05, 3.63) is 73.3 Å². The highest BCUT2D eigenvalue weighted by atomic mass is 15.3. The number of hydrogen-bond donors (Lipinski definition) is 0. The number of rotatable bonds is 2. The van der Waals surface area contributed by atoms with E-state index in [0.717, 1.165) is 33.7 Å². The predicted octanol–water partition coefficient (Wildman–Crippen LogP) is 2.01. The summed E-state index contributed by atoms with van der Waals surface area (Å²) in [5, 5.41) is 8.95. The summed E-state index contributed by atoms with van der Waals surface area (Å²) in [6, 6.07) is 20.5. The molecule has 3 heterocycles. The number of nitrogens with zero attached hydrogens (tertiary/aromatic N) is 6. The van der Waals surface area contributed by atoms with Gasteiger partial charge in [-0.25, -0.2) is 9.13 Å². The molecule has 0 bridgehead atoms. The number of aromatic nitrogens is 6. The van der Waals surface area contributed by atoms with E-state index in [1.165, 1.54) is 0 Å². The Bertz CT molecular complexity index is 1150. The van der Waals surface area contributed by atoms with Gasteiger partial charge in [0, 0.05) is 12.1 Å². The average molecular weight is 342 g/mol. The smallest absolute Gasteiger partial charge is 0.232 e. The van der Waals surface area contributed by atoms with Crippen molar-refractivity contribution in [3.63, 3.8) is 0 Å². The van der Waals surface area contributed by atoms with E-state index >= 15 is 0 Å². The maximum Gasteiger partial charge on any atom is 0.251 e. The number of hydrogen-bond acceptors (Lipinski definition) is 2. The molecule has 0 unspecified atom stereocenters. The zero-order valence-corrected chi connectivity index (χ0v) is 14.6. The zero-order valence-electron chi connectivity index (χ0n) is 14.6. The lowest BCUT2D eigenvalue weighted by Gasteiger charge is -1.98. The van der Waals surface area contributed by atoms with Gasteiger partial charge in [-0.1, -0.05) is 24.3 Å². The molecular formula is C20H18N6+2. The first-order valence-electron chi connectivity index (χ1n) is 8.48. The first-order valence-corrected chi connectivity index (χ1v) is 8.48. The minimum Gasteiger partial charge on any atom is -0.232 e. The van der Waals surface area contributed by atoms with Crippen LogP contribution in [0.1, 0.15) is 0 Å². The molecule has 0 aliphatic carbocycles. The van der Waals surface area contributed by atoms with Gasteiger partial charge in [-0.05, 0) is 24.3 Å². The topological polar surface area (TPSA) is 43.4 Å². The van der Waals surface area contributed by atoms with Crippen molar-refractivity contribution in [2.24, 2.45) is 14.1 Å². The van der Waals surface area contributed by atoms with Crippen LogP contribution >= 0.6 is 0 Å². The van der Waals surface area contributed by atoms with Crippen molar-refractivity contribution in [1.29, 1.82) is 0 Å². The Morgan fingerprint density at radius 3 is 1.46 bits per heavy atom. The van der Waals surface area contributed by atoms with Gasteiger partial charge in [-0.3, -0.25) is 0 Å². The molecule has 0 radical (unpaired) electrons. The Morgan fingerprint density at radius 1 is 0.615 bits per heavy atom. The number of imidazole rings is 2. The summed E-state index contributed by atoms with van der Waals surface area (Å²) in [6.07, 6.45) is 4.05. The van der Waals surface area contributed by atoms with E-state index in [-0.39, 0.29) is 0 Å². The van der Waals surface area contributed by atoms with Gasteiger partial charge in [0.1, 0.15) is 0 Å². The van der Waals surface area contributed by atoms with Crippen molar-refractivity contribution >= 4 is 22.1 Å². The van der Waals surface area contributed by atoms with E-state index in [1.807, 2.05) is 63.1 Å². The number of para-hydroxylation sites is 4. The molecular weight excluding hydrogens is 324 g/mol. The first kappa shape index (κ1) is 14.8. The molecule has 126 valence electrons. The lowest BCUT2D eigenvalue weighted by Crippen LogP contribution is -2.25. The Morgan fingerprint density at radius 2 is 1.04 bits per heavy atom. The molecule has 26 heavy (non-hydrogen) atoms. The Balaban J connectivity index is 1.63. The van der Waals surface area contributed by atoms with Gasteiger partial charge in [-0.15, -0.1) is 10.2 Å². The van der Waals surface area contributed by atoms with Crippen LogP contribution in [-0.4, -0.2) is 19.3 Å². The highest BCUT2D eigenvalue weighted by Crippen LogP contribution is 2.17. The minimum absolute atomic E-state index is 0.798.